The van der Waals surface area contributed by atoms with Crippen LogP contribution < -0.4 is 4.90 Å². The third kappa shape index (κ3) is 3.02. The van der Waals surface area contributed by atoms with E-state index in [4.69, 9.17) is 9.15 Å². The minimum atomic E-state index is -0.619. The zero-order chi connectivity index (χ0) is 15.8. The first-order valence-electron chi connectivity index (χ1n) is 7.11. The lowest BCUT2D eigenvalue weighted by molar-refractivity contribution is -0.0543. The SMILES string of the molecule is CCOC(=O)c1nnc(N2CC(C)(C)C(O)C(C)(C)C2)o1. The van der Waals surface area contributed by atoms with Crippen molar-refractivity contribution in [2.75, 3.05) is 24.6 Å². The third-order valence-electron chi connectivity index (χ3n) is 3.81. The Kier molecular flexibility index (Phi) is 3.97. The molecule has 0 unspecified atom stereocenters. The van der Waals surface area contributed by atoms with Gasteiger partial charge in [0, 0.05) is 23.9 Å². The number of hydrogen-bond donors (Lipinski definition) is 1. The summed E-state index contributed by atoms with van der Waals surface area (Å²) in [6.07, 6.45) is -0.436. The Morgan fingerprint density at radius 3 is 2.43 bits per heavy atom. The summed E-state index contributed by atoms with van der Waals surface area (Å²) < 4.78 is 10.2. The highest BCUT2D eigenvalue weighted by atomic mass is 16.5. The van der Waals surface area contributed by atoms with E-state index in [1.165, 1.54) is 0 Å². The number of carbonyl (C=O) groups excluding carboxylic acids is 1. The van der Waals surface area contributed by atoms with Crippen molar-refractivity contribution in [1.29, 1.82) is 0 Å². The van der Waals surface area contributed by atoms with Crippen LogP contribution in [0.25, 0.3) is 0 Å². The molecule has 1 aromatic rings. The maximum absolute atomic E-state index is 11.6. The Labute approximate surface area is 124 Å². The van der Waals surface area contributed by atoms with E-state index in [2.05, 4.69) is 10.2 Å². The smallest absolute Gasteiger partial charge is 0.396 e. The number of aromatic nitrogens is 2. The van der Waals surface area contributed by atoms with Gasteiger partial charge in [0.05, 0.1) is 12.7 Å². The maximum Gasteiger partial charge on any atom is 0.396 e. The molecule has 0 aliphatic carbocycles. The van der Waals surface area contributed by atoms with Gasteiger partial charge < -0.3 is 19.2 Å². The molecule has 21 heavy (non-hydrogen) atoms. The summed E-state index contributed by atoms with van der Waals surface area (Å²) in [7, 11) is 0. The zero-order valence-corrected chi connectivity index (χ0v) is 13.2. The number of ether oxygens (including phenoxy) is 1. The Balaban J connectivity index is 2.21. The van der Waals surface area contributed by atoms with Crippen molar-refractivity contribution in [3.05, 3.63) is 5.89 Å². The molecule has 0 amide bonds. The van der Waals surface area contributed by atoms with E-state index in [-0.39, 0.29) is 29.3 Å². The number of hydrogen-bond acceptors (Lipinski definition) is 7. The van der Waals surface area contributed by atoms with Gasteiger partial charge in [0.15, 0.2) is 0 Å². The summed E-state index contributed by atoms with van der Waals surface area (Å²) >= 11 is 0. The second-order valence-corrected chi connectivity index (χ2v) is 6.85. The Hall–Kier alpha value is -1.63. The van der Waals surface area contributed by atoms with E-state index in [1.54, 1.807) is 6.92 Å². The van der Waals surface area contributed by atoms with Crippen LogP contribution in [0.2, 0.25) is 0 Å². The number of rotatable bonds is 3. The Bertz CT molecular complexity index is 506. The van der Waals surface area contributed by atoms with Crippen LogP contribution in [-0.2, 0) is 4.74 Å². The average Bonchev–Trinajstić information content (AvgIpc) is 2.85. The summed E-state index contributed by atoms with van der Waals surface area (Å²) in [5.41, 5.74) is -0.638. The van der Waals surface area contributed by atoms with Crippen LogP contribution in [0.4, 0.5) is 6.01 Å². The van der Waals surface area contributed by atoms with Crippen LogP contribution in [0.15, 0.2) is 4.42 Å². The average molecular weight is 297 g/mol. The van der Waals surface area contributed by atoms with E-state index in [1.807, 2.05) is 32.6 Å². The van der Waals surface area contributed by atoms with Crippen molar-refractivity contribution in [2.24, 2.45) is 10.8 Å². The molecule has 7 heteroatoms. The van der Waals surface area contributed by atoms with Gasteiger partial charge in [-0.2, -0.15) is 0 Å². The van der Waals surface area contributed by atoms with Gasteiger partial charge in [-0.05, 0) is 6.92 Å². The molecule has 1 aromatic heterocycles. The summed E-state index contributed by atoms with van der Waals surface area (Å²) in [6.45, 7) is 11.1. The monoisotopic (exact) mass is 297 g/mol. The second kappa shape index (κ2) is 5.29. The molecule has 0 aromatic carbocycles. The Morgan fingerprint density at radius 2 is 1.90 bits per heavy atom. The predicted molar refractivity (Wildman–Crippen MR) is 76.0 cm³/mol. The highest BCUT2D eigenvalue weighted by Crippen LogP contribution is 2.41. The van der Waals surface area contributed by atoms with Gasteiger partial charge in [-0.25, -0.2) is 4.79 Å². The van der Waals surface area contributed by atoms with E-state index in [0.29, 0.717) is 13.1 Å². The van der Waals surface area contributed by atoms with Gasteiger partial charge in [0.1, 0.15) is 0 Å². The molecular formula is C14H23N3O4. The van der Waals surface area contributed by atoms with Gasteiger partial charge >= 0.3 is 17.9 Å². The van der Waals surface area contributed by atoms with Gasteiger partial charge in [-0.3, -0.25) is 0 Å². The predicted octanol–water partition coefficient (Wildman–Crippen LogP) is 1.48. The van der Waals surface area contributed by atoms with Crippen molar-refractivity contribution in [3.8, 4) is 0 Å². The molecule has 0 radical (unpaired) electrons. The fourth-order valence-corrected chi connectivity index (χ4v) is 3.02. The highest BCUT2D eigenvalue weighted by Gasteiger charge is 2.47. The van der Waals surface area contributed by atoms with E-state index >= 15 is 0 Å². The molecule has 1 aliphatic heterocycles. The lowest BCUT2D eigenvalue weighted by Gasteiger charge is -2.50. The number of carbonyl (C=O) groups is 1. The first-order valence-corrected chi connectivity index (χ1v) is 7.11. The van der Waals surface area contributed by atoms with E-state index < -0.39 is 12.1 Å². The van der Waals surface area contributed by atoms with Gasteiger partial charge in [-0.1, -0.05) is 37.9 Å². The fraction of sp³-hybridized carbons (Fsp3) is 0.786. The normalized spacial score (nSPS) is 21.3. The maximum atomic E-state index is 11.6. The molecule has 0 saturated carbocycles. The lowest BCUT2D eigenvalue weighted by Crippen LogP contribution is -2.58. The van der Waals surface area contributed by atoms with Crippen LogP contribution in [0.5, 0.6) is 0 Å². The molecule has 118 valence electrons. The quantitative estimate of drug-likeness (QED) is 0.845. The summed E-state index contributed by atoms with van der Waals surface area (Å²) in [6, 6.07) is 0.283. The minimum absolute atomic E-state index is 0.145. The zero-order valence-electron chi connectivity index (χ0n) is 13.2. The molecule has 0 bridgehead atoms. The van der Waals surface area contributed by atoms with Crippen LogP contribution in [0.1, 0.15) is 45.3 Å². The molecule has 2 rings (SSSR count). The highest BCUT2D eigenvalue weighted by molar-refractivity contribution is 5.84. The van der Waals surface area contributed by atoms with Crippen LogP contribution in [-0.4, -0.2) is 47.1 Å². The van der Waals surface area contributed by atoms with Crippen LogP contribution >= 0.6 is 0 Å². The molecular weight excluding hydrogens is 274 g/mol. The Morgan fingerprint density at radius 1 is 1.33 bits per heavy atom. The van der Waals surface area contributed by atoms with E-state index in [0.717, 1.165) is 0 Å². The summed E-state index contributed by atoms with van der Waals surface area (Å²) in [5, 5.41) is 18.1. The molecule has 0 atom stereocenters. The molecule has 1 N–H and O–H groups in total. The number of aliphatic hydroxyl groups is 1. The topological polar surface area (TPSA) is 88.7 Å². The fourth-order valence-electron chi connectivity index (χ4n) is 3.02. The third-order valence-corrected chi connectivity index (χ3v) is 3.81. The number of aliphatic hydroxyl groups excluding tert-OH is 1. The number of nitrogens with zero attached hydrogens (tertiary/aromatic N) is 3. The number of anilines is 1. The molecule has 2 heterocycles. The molecule has 1 saturated heterocycles. The molecule has 0 spiro atoms. The van der Waals surface area contributed by atoms with Crippen LogP contribution in [0, 0.1) is 10.8 Å². The van der Waals surface area contributed by atoms with Crippen molar-refractivity contribution in [1.82, 2.24) is 10.2 Å². The van der Waals surface area contributed by atoms with Gasteiger partial charge in [-0.15, -0.1) is 0 Å². The van der Waals surface area contributed by atoms with Crippen molar-refractivity contribution in [3.63, 3.8) is 0 Å². The van der Waals surface area contributed by atoms with Crippen LogP contribution in [0.3, 0.4) is 0 Å². The summed E-state index contributed by atoms with van der Waals surface area (Å²) in [5.74, 6) is -0.764. The van der Waals surface area contributed by atoms with Gasteiger partial charge in [0.2, 0.25) is 0 Å². The molecule has 1 fully saturated rings. The summed E-state index contributed by atoms with van der Waals surface area (Å²) in [4.78, 5) is 13.5. The molecule has 1 aliphatic rings. The number of piperidine rings is 1. The second-order valence-electron chi connectivity index (χ2n) is 6.85. The standard InChI is InChI=1S/C14H23N3O4/c1-6-20-10(18)9-15-16-12(21-9)17-7-13(2,3)11(19)14(4,5)8-17/h11,19H,6-8H2,1-5H3. The van der Waals surface area contributed by atoms with Crippen molar-refractivity contribution >= 4 is 12.0 Å². The van der Waals surface area contributed by atoms with Crippen molar-refractivity contribution < 1.29 is 19.1 Å². The van der Waals surface area contributed by atoms with Gasteiger partial charge in [0.25, 0.3) is 0 Å². The first-order chi connectivity index (χ1) is 9.67. The molecule has 7 nitrogen and oxygen atoms in total. The largest absolute Gasteiger partial charge is 0.459 e. The lowest BCUT2D eigenvalue weighted by atomic mass is 9.68. The first kappa shape index (κ1) is 15.8. The number of esters is 1. The van der Waals surface area contributed by atoms with E-state index in [9.17, 15) is 9.90 Å². The minimum Gasteiger partial charge on any atom is -0.459 e. The van der Waals surface area contributed by atoms with Crippen molar-refractivity contribution in [2.45, 2.75) is 40.7 Å².